The summed E-state index contributed by atoms with van der Waals surface area (Å²) in [5, 5.41) is 0. The van der Waals surface area contributed by atoms with E-state index in [1.54, 1.807) is 27.9 Å². The largest absolute Gasteiger partial charge is 0.0842 e. The summed E-state index contributed by atoms with van der Waals surface area (Å²) in [4.78, 5) is 0. The highest BCUT2D eigenvalue weighted by Crippen LogP contribution is 2.35. The zero-order chi connectivity index (χ0) is 13.8. The maximum absolute atomic E-state index is 2.52. The zero-order valence-electron chi connectivity index (χ0n) is 12.8. The third-order valence-corrected chi connectivity index (χ3v) is 4.92. The van der Waals surface area contributed by atoms with Crippen molar-refractivity contribution in [2.75, 3.05) is 0 Å². The number of hydrogen-bond acceptors (Lipinski definition) is 0. The molecule has 0 heteroatoms. The van der Waals surface area contributed by atoms with Gasteiger partial charge < -0.3 is 0 Å². The van der Waals surface area contributed by atoms with Crippen LogP contribution in [0.25, 0.3) is 0 Å². The van der Waals surface area contributed by atoms with E-state index in [0.29, 0.717) is 0 Å². The van der Waals surface area contributed by atoms with Gasteiger partial charge in [-0.15, -0.1) is 0 Å². The Morgan fingerprint density at radius 1 is 1.10 bits per heavy atom. The lowest BCUT2D eigenvalue weighted by atomic mass is 9.87. The van der Waals surface area contributed by atoms with Gasteiger partial charge in [0, 0.05) is 0 Å². The summed E-state index contributed by atoms with van der Waals surface area (Å²) in [5.74, 6) is 0. The van der Waals surface area contributed by atoms with Crippen molar-refractivity contribution in [1.82, 2.24) is 0 Å². The molecule has 0 unspecified atom stereocenters. The highest BCUT2D eigenvalue weighted by molar-refractivity contribution is 5.50. The summed E-state index contributed by atoms with van der Waals surface area (Å²) in [6.07, 6.45) is 23.5. The molecule has 3 aliphatic rings. The van der Waals surface area contributed by atoms with Crippen LogP contribution in [0.3, 0.4) is 0 Å². The lowest BCUT2D eigenvalue weighted by molar-refractivity contribution is 0.674. The van der Waals surface area contributed by atoms with E-state index in [1.807, 2.05) is 0 Å². The molecule has 0 spiro atoms. The summed E-state index contributed by atoms with van der Waals surface area (Å²) < 4.78 is 0. The first-order chi connectivity index (χ1) is 9.88. The standard InChI is InChI=1S/C20H26/c1-2-16-8-3-4-9-17(16)10-5-11-18-12-6-13-19-14-7-15-20(18)19/h2,7,10,12,15H,3-6,8-9,11,13-14H2,1H3/b16-2-,17-10-. The van der Waals surface area contributed by atoms with Crippen LogP contribution < -0.4 is 0 Å². The van der Waals surface area contributed by atoms with E-state index >= 15 is 0 Å². The molecule has 20 heavy (non-hydrogen) atoms. The van der Waals surface area contributed by atoms with E-state index in [1.165, 1.54) is 57.8 Å². The van der Waals surface area contributed by atoms with Crippen LogP contribution >= 0.6 is 0 Å². The first kappa shape index (κ1) is 13.7. The average Bonchev–Trinajstić information content (AvgIpc) is 2.97. The van der Waals surface area contributed by atoms with Crippen LogP contribution in [0, 0.1) is 0 Å². The van der Waals surface area contributed by atoms with E-state index < -0.39 is 0 Å². The van der Waals surface area contributed by atoms with Crippen LogP contribution in [0.4, 0.5) is 0 Å². The highest BCUT2D eigenvalue weighted by atomic mass is 14.2. The monoisotopic (exact) mass is 266 g/mol. The summed E-state index contributed by atoms with van der Waals surface area (Å²) in [6.45, 7) is 2.19. The Labute approximate surface area is 123 Å². The molecule has 0 heterocycles. The van der Waals surface area contributed by atoms with E-state index in [2.05, 4.69) is 37.3 Å². The van der Waals surface area contributed by atoms with Gasteiger partial charge >= 0.3 is 0 Å². The van der Waals surface area contributed by atoms with Gasteiger partial charge in [-0.05, 0) is 87.0 Å². The Kier molecular flexibility index (Phi) is 4.40. The Morgan fingerprint density at radius 2 is 1.95 bits per heavy atom. The van der Waals surface area contributed by atoms with Gasteiger partial charge in [0.15, 0.2) is 0 Å². The Bertz CT molecular complexity index is 520. The maximum Gasteiger partial charge on any atom is -0.0126 e. The zero-order valence-corrected chi connectivity index (χ0v) is 12.8. The van der Waals surface area contributed by atoms with Crippen molar-refractivity contribution in [2.24, 2.45) is 0 Å². The second-order valence-corrected chi connectivity index (χ2v) is 6.18. The van der Waals surface area contributed by atoms with Gasteiger partial charge in [0.1, 0.15) is 0 Å². The molecule has 0 saturated heterocycles. The Hall–Kier alpha value is -1.30. The van der Waals surface area contributed by atoms with Crippen molar-refractivity contribution in [3.05, 3.63) is 58.2 Å². The molecular weight excluding hydrogens is 240 g/mol. The molecule has 0 aliphatic heterocycles. The minimum absolute atomic E-state index is 1.20. The third kappa shape index (κ3) is 2.90. The van der Waals surface area contributed by atoms with Crippen molar-refractivity contribution in [3.63, 3.8) is 0 Å². The molecule has 1 saturated carbocycles. The molecule has 0 N–H and O–H groups in total. The first-order valence-corrected chi connectivity index (χ1v) is 8.31. The lowest BCUT2D eigenvalue weighted by Crippen LogP contribution is -1.99. The van der Waals surface area contributed by atoms with Crippen LogP contribution in [0.2, 0.25) is 0 Å². The fraction of sp³-hybridized carbons (Fsp3) is 0.500. The van der Waals surface area contributed by atoms with Crippen LogP contribution in [-0.4, -0.2) is 0 Å². The second-order valence-electron chi connectivity index (χ2n) is 6.18. The summed E-state index contributed by atoms with van der Waals surface area (Å²) >= 11 is 0. The van der Waals surface area contributed by atoms with E-state index in [4.69, 9.17) is 0 Å². The molecular formula is C20H26. The molecule has 0 aromatic heterocycles. The number of hydrogen-bond donors (Lipinski definition) is 0. The van der Waals surface area contributed by atoms with Crippen LogP contribution in [0.15, 0.2) is 58.2 Å². The summed E-state index contributed by atoms with van der Waals surface area (Å²) in [5.41, 5.74) is 8.10. The second kappa shape index (κ2) is 6.43. The average molecular weight is 266 g/mol. The normalized spacial score (nSPS) is 26.4. The van der Waals surface area contributed by atoms with Crippen LogP contribution in [0.5, 0.6) is 0 Å². The van der Waals surface area contributed by atoms with Crippen molar-refractivity contribution in [2.45, 2.75) is 64.7 Å². The molecule has 0 aromatic rings. The van der Waals surface area contributed by atoms with Crippen molar-refractivity contribution >= 4 is 0 Å². The quantitative estimate of drug-likeness (QED) is 0.571. The summed E-state index contributed by atoms with van der Waals surface area (Å²) in [6, 6.07) is 0. The molecule has 3 rings (SSSR count). The van der Waals surface area contributed by atoms with Crippen molar-refractivity contribution in [1.29, 1.82) is 0 Å². The van der Waals surface area contributed by atoms with E-state index in [9.17, 15) is 0 Å². The van der Waals surface area contributed by atoms with Gasteiger partial charge in [0.25, 0.3) is 0 Å². The molecule has 0 nitrogen and oxygen atoms in total. The molecule has 0 amide bonds. The SMILES string of the molecule is C/C=C1/CCCC/C1=C/CCC1=CCCC2=C1C=CC2. The number of allylic oxidation sites excluding steroid dienone is 10. The predicted molar refractivity (Wildman–Crippen MR) is 87.6 cm³/mol. The van der Waals surface area contributed by atoms with Gasteiger partial charge in [-0.25, -0.2) is 0 Å². The van der Waals surface area contributed by atoms with Gasteiger partial charge in [0.05, 0.1) is 0 Å². The predicted octanol–water partition coefficient (Wildman–Crippen LogP) is 6.19. The highest BCUT2D eigenvalue weighted by Gasteiger charge is 2.16. The smallest absolute Gasteiger partial charge is 0.0126 e. The topological polar surface area (TPSA) is 0 Å². The van der Waals surface area contributed by atoms with E-state index in [-0.39, 0.29) is 0 Å². The minimum atomic E-state index is 1.20. The summed E-state index contributed by atoms with van der Waals surface area (Å²) in [7, 11) is 0. The van der Waals surface area contributed by atoms with Crippen LogP contribution in [-0.2, 0) is 0 Å². The molecule has 0 radical (unpaired) electrons. The number of rotatable bonds is 3. The molecule has 1 fully saturated rings. The van der Waals surface area contributed by atoms with Gasteiger partial charge in [-0.2, -0.15) is 0 Å². The fourth-order valence-electron chi connectivity index (χ4n) is 3.80. The Balaban J connectivity index is 1.62. The molecule has 106 valence electrons. The molecule has 3 aliphatic carbocycles. The third-order valence-electron chi connectivity index (χ3n) is 4.92. The van der Waals surface area contributed by atoms with Gasteiger partial charge in [-0.1, -0.05) is 36.0 Å². The maximum atomic E-state index is 2.52. The van der Waals surface area contributed by atoms with Gasteiger partial charge in [-0.3, -0.25) is 0 Å². The fourth-order valence-corrected chi connectivity index (χ4v) is 3.80. The van der Waals surface area contributed by atoms with E-state index in [0.717, 1.165) is 0 Å². The molecule has 0 aromatic carbocycles. The Morgan fingerprint density at radius 3 is 2.80 bits per heavy atom. The minimum Gasteiger partial charge on any atom is -0.0842 e. The van der Waals surface area contributed by atoms with Crippen LogP contribution in [0.1, 0.15) is 64.7 Å². The van der Waals surface area contributed by atoms with Crippen molar-refractivity contribution in [3.8, 4) is 0 Å². The van der Waals surface area contributed by atoms with Crippen molar-refractivity contribution < 1.29 is 0 Å². The molecule has 0 bridgehead atoms. The van der Waals surface area contributed by atoms with Gasteiger partial charge in [0.2, 0.25) is 0 Å². The molecule has 0 atom stereocenters. The first-order valence-electron chi connectivity index (χ1n) is 8.31. The lowest BCUT2D eigenvalue weighted by Gasteiger charge is -2.19.